The molecule has 4 aromatic rings. The van der Waals surface area contributed by atoms with Crippen LogP contribution >= 0.6 is 0 Å². The first-order valence-corrected chi connectivity index (χ1v) is 10.7. The fourth-order valence-electron chi connectivity index (χ4n) is 5.21. The van der Waals surface area contributed by atoms with E-state index in [1.165, 1.54) is 47.5 Å². The predicted molar refractivity (Wildman–Crippen MR) is 114 cm³/mol. The van der Waals surface area contributed by atoms with Gasteiger partial charge in [0.05, 0.1) is 23.4 Å². The van der Waals surface area contributed by atoms with E-state index in [1.54, 1.807) is 0 Å². The van der Waals surface area contributed by atoms with Crippen LogP contribution in [-0.2, 0) is 0 Å². The first-order valence-electron chi connectivity index (χ1n) is 10.7. The van der Waals surface area contributed by atoms with Crippen molar-refractivity contribution in [3.05, 3.63) is 77.4 Å². The Labute approximate surface area is 199 Å². The van der Waals surface area contributed by atoms with Crippen LogP contribution in [0.15, 0.2) is 49.2 Å². The van der Waals surface area contributed by atoms with E-state index in [1.807, 2.05) is 0 Å². The summed E-state index contributed by atoms with van der Waals surface area (Å²) in [5, 5.41) is 34.6. The largest absolute Gasteiger partial charge is 0.434 e. The highest BCUT2D eigenvalue weighted by Gasteiger charge is 2.52. The summed E-state index contributed by atoms with van der Waals surface area (Å²) in [7, 11) is 0. The van der Waals surface area contributed by atoms with Crippen molar-refractivity contribution >= 4 is 11.4 Å². The minimum Gasteiger partial charge on any atom is -0.434 e. The predicted octanol–water partition coefficient (Wildman–Crippen LogP) is 2.15. The van der Waals surface area contributed by atoms with Gasteiger partial charge in [-0.25, -0.2) is 18.9 Å². The molecule has 0 saturated heterocycles. The molecule has 4 heterocycles. The van der Waals surface area contributed by atoms with Crippen molar-refractivity contribution in [1.82, 2.24) is 24.5 Å². The molecule has 1 aromatic carbocycles. The normalized spacial score (nSPS) is 19.0. The van der Waals surface area contributed by atoms with Gasteiger partial charge in [-0.2, -0.15) is 13.9 Å². The number of alkyl halides is 2. The molecule has 13 heteroatoms. The van der Waals surface area contributed by atoms with Gasteiger partial charge in [-0.15, -0.1) is 0 Å². The molecule has 1 aliphatic carbocycles. The number of benzene rings is 1. The van der Waals surface area contributed by atoms with Gasteiger partial charge in [-0.1, -0.05) is 6.07 Å². The molecule has 2 atom stereocenters. The lowest BCUT2D eigenvalue weighted by Gasteiger charge is -2.34. The van der Waals surface area contributed by atoms with Gasteiger partial charge in [0.15, 0.2) is 0 Å². The van der Waals surface area contributed by atoms with Crippen LogP contribution in [0.3, 0.4) is 0 Å². The number of fused-ring (bicyclic) bond motifs is 9. The van der Waals surface area contributed by atoms with Crippen molar-refractivity contribution in [2.75, 3.05) is 0 Å². The summed E-state index contributed by atoms with van der Waals surface area (Å²) >= 11 is 0. The third-order valence-corrected chi connectivity index (χ3v) is 6.50. The van der Waals surface area contributed by atoms with Gasteiger partial charge in [-0.3, -0.25) is 9.69 Å². The molecule has 184 valence electrons. The summed E-state index contributed by atoms with van der Waals surface area (Å²) in [6.45, 7) is -3.20. The van der Waals surface area contributed by atoms with Crippen molar-refractivity contribution in [2.24, 2.45) is 0 Å². The summed E-state index contributed by atoms with van der Waals surface area (Å²) in [5.41, 5.74) is 1.40. The topological polar surface area (TPSA) is 133 Å². The van der Waals surface area contributed by atoms with Gasteiger partial charge in [0.25, 0.3) is 5.91 Å². The number of hydrogen-bond donors (Lipinski definition) is 3. The highest BCUT2D eigenvalue weighted by Crippen LogP contribution is 2.54. The van der Waals surface area contributed by atoms with E-state index in [0.29, 0.717) is 21.5 Å². The Bertz CT molecular complexity index is 1520. The van der Waals surface area contributed by atoms with E-state index < -0.39 is 36.4 Å². The smallest absolute Gasteiger partial charge is 0.387 e. The SMILES string of the molecule is O=C1c2cccc(OC(F)F)c2C2CC(c3nn4cc(F)c(-c5cncnc5)cc4c32)N1C(O)(O)O. The number of hydrogen-bond acceptors (Lipinski definition) is 8. The second kappa shape index (κ2) is 7.71. The Morgan fingerprint density at radius 2 is 1.86 bits per heavy atom. The molecule has 10 nitrogen and oxygen atoms in total. The Balaban J connectivity index is 1.65. The maximum Gasteiger partial charge on any atom is 0.387 e. The van der Waals surface area contributed by atoms with Crippen molar-refractivity contribution in [2.45, 2.75) is 31.1 Å². The van der Waals surface area contributed by atoms with Gasteiger partial charge in [-0.05, 0) is 24.6 Å². The maximum atomic E-state index is 15.0. The van der Waals surface area contributed by atoms with Crippen LogP contribution in [0.2, 0.25) is 0 Å². The molecule has 36 heavy (non-hydrogen) atoms. The average molecular weight is 499 g/mol. The summed E-state index contributed by atoms with van der Waals surface area (Å²) in [6, 6.07) is 4.20. The second-order valence-electron chi connectivity index (χ2n) is 8.47. The molecule has 0 fully saturated rings. The number of aromatic nitrogens is 4. The first kappa shape index (κ1) is 22.4. The van der Waals surface area contributed by atoms with E-state index in [9.17, 15) is 28.9 Å². The molecule has 0 saturated carbocycles. The fraction of sp³-hybridized carbons (Fsp3) is 0.217. The van der Waals surface area contributed by atoms with E-state index in [4.69, 9.17) is 4.74 Å². The Hall–Kier alpha value is -4.07. The molecule has 2 aliphatic rings. The molecule has 3 aromatic heterocycles. The van der Waals surface area contributed by atoms with Gasteiger partial charge in [0, 0.05) is 46.1 Å². The monoisotopic (exact) mass is 499 g/mol. The third kappa shape index (κ3) is 3.24. The van der Waals surface area contributed by atoms with Gasteiger partial charge < -0.3 is 20.1 Å². The van der Waals surface area contributed by atoms with Crippen LogP contribution in [0, 0.1) is 5.82 Å². The zero-order valence-corrected chi connectivity index (χ0v) is 18.1. The van der Waals surface area contributed by atoms with E-state index >= 15 is 4.39 Å². The van der Waals surface area contributed by atoms with Crippen molar-refractivity contribution in [1.29, 1.82) is 0 Å². The minimum atomic E-state index is -3.59. The summed E-state index contributed by atoms with van der Waals surface area (Å²) in [5.74, 6) is -2.75. The Morgan fingerprint density at radius 1 is 1.11 bits per heavy atom. The number of aliphatic hydroxyl groups is 3. The number of nitrogens with zero attached hydrogens (tertiary/aromatic N) is 5. The number of carbonyl (C=O) groups excluding carboxylic acids is 1. The van der Waals surface area contributed by atoms with Crippen LogP contribution in [0.25, 0.3) is 16.6 Å². The van der Waals surface area contributed by atoms with E-state index in [-0.39, 0.29) is 34.6 Å². The molecule has 1 aliphatic heterocycles. The standard InChI is InChI=1S/C23H16F3N5O5/c24-14-8-30-15(4-12(14)10-6-27-9-28-7-10)19-13-5-16(20(19)29-30)31(23(33,34)35)21(32)11-2-1-3-17(18(11)13)36-22(25)26/h1-4,6-9,13,16,22,33-35H,5H2. The minimum absolute atomic E-state index is 0.0267. The van der Waals surface area contributed by atoms with Crippen LogP contribution in [0.1, 0.15) is 45.6 Å². The molecule has 0 radical (unpaired) electrons. The number of amides is 1. The third-order valence-electron chi connectivity index (χ3n) is 6.50. The summed E-state index contributed by atoms with van der Waals surface area (Å²) in [6.07, 6.45) is 1.61. The molecular formula is C23H16F3N5O5. The first-order chi connectivity index (χ1) is 17.1. The van der Waals surface area contributed by atoms with Crippen molar-refractivity contribution in [3.8, 4) is 16.9 Å². The van der Waals surface area contributed by atoms with E-state index in [2.05, 4.69) is 15.1 Å². The van der Waals surface area contributed by atoms with Crippen molar-refractivity contribution < 1.29 is 38.0 Å². The lowest BCUT2D eigenvalue weighted by atomic mass is 9.88. The quantitative estimate of drug-likeness (QED) is 0.364. The molecule has 6 rings (SSSR count). The maximum absolute atomic E-state index is 15.0. The average Bonchev–Trinajstić information content (AvgIpc) is 3.30. The number of rotatable bonds is 4. The number of ether oxygens (including phenoxy) is 1. The van der Waals surface area contributed by atoms with Crippen molar-refractivity contribution in [3.63, 3.8) is 0 Å². The summed E-state index contributed by atoms with van der Waals surface area (Å²) < 4.78 is 47.5. The van der Waals surface area contributed by atoms with Gasteiger partial charge in [0.2, 0.25) is 0 Å². The van der Waals surface area contributed by atoms with E-state index in [0.717, 1.165) is 6.20 Å². The highest BCUT2D eigenvalue weighted by atomic mass is 19.3. The lowest BCUT2D eigenvalue weighted by molar-refractivity contribution is -0.385. The molecule has 0 spiro atoms. The molecule has 3 N–H and O–H groups in total. The number of carbonyl (C=O) groups is 1. The molecule has 1 amide bonds. The molecule has 2 unspecified atom stereocenters. The lowest BCUT2D eigenvalue weighted by Crippen LogP contribution is -2.53. The van der Waals surface area contributed by atoms with Crippen LogP contribution in [-0.4, -0.2) is 58.4 Å². The fourth-order valence-corrected chi connectivity index (χ4v) is 5.21. The van der Waals surface area contributed by atoms with Crippen LogP contribution in [0.5, 0.6) is 5.75 Å². The molecular weight excluding hydrogens is 483 g/mol. The van der Waals surface area contributed by atoms with Gasteiger partial charge >= 0.3 is 12.7 Å². The molecule has 2 bridgehead atoms. The Kier molecular flexibility index (Phi) is 4.80. The zero-order chi connectivity index (χ0) is 25.4. The Morgan fingerprint density at radius 3 is 2.56 bits per heavy atom. The van der Waals surface area contributed by atoms with Crippen LogP contribution < -0.4 is 4.74 Å². The van der Waals surface area contributed by atoms with Crippen LogP contribution in [0.4, 0.5) is 13.2 Å². The summed E-state index contributed by atoms with van der Waals surface area (Å²) in [4.78, 5) is 21.6. The zero-order valence-electron chi connectivity index (χ0n) is 18.1. The number of pyridine rings is 1. The number of halogens is 3. The van der Waals surface area contributed by atoms with Gasteiger partial charge in [0.1, 0.15) is 17.9 Å². The second-order valence-corrected chi connectivity index (χ2v) is 8.47. The highest BCUT2D eigenvalue weighted by molar-refractivity contribution is 5.98.